The Labute approximate surface area is 107 Å². The van der Waals surface area contributed by atoms with Gasteiger partial charge in [-0.05, 0) is 38.1 Å². The monoisotopic (exact) mass is 245 g/mol. The van der Waals surface area contributed by atoms with Gasteiger partial charge in [0.1, 0.15) is 11.4 Å². The summed E-state index contributed by atoms with van der Waals surface area (Å²) < 4.78 is 5.40. The Balaban J connectivity index is 1.82. The molecule has 2 atom stereocenters. The minimum Gasteiger partial charge on any atom is -0.464 e. The van der Waals surface area contributed by atoms with E-state index >= 15 is 0 Å². The van der Waals surface area contributed by atoms with E-state index in [0.717, 1.165) is 36.3 Å². The van der Waals surface area contributed by atoms with Crippen LogP contribution in [0.5, 0.6) is 0 Å². The number of likely N-dealkylation sites (tertiary alicyclic amines) is 1. The SMILES string of the molecule is CC1CN(C)CCC1Nc1nccc2occc12. The largest absolute Gasteiger partial charge is 0.464 e. The summed E-state index contributed by atoms with van der Waals surface area (Å²) in [5.74, 6) is 1.58. The van der Waals surface area contributed by atoms with Crippen molar-refractivity contribution in [2.24, 2.45) is 5.92 Å². The molecule has 0 aromatic carbocycles. The van der Waals surface area contributed by atoms with Crippen molar-refractivity contribution < 1.29 is 4.42 Å². The predicted octanol–water partition coefficient (Wildman–Crippen LogP) is 2.58. The summed E-state index contributed by atoms with van der Waals surface area (Å²) in [6, 6.07) is 4.37. The number of piperidine rings is 1. The zero-order chi connectivity index (χ0) is 12.5. The van der Waals surface area contributed by atoms with Crippen LogP contribution in [0.3, 0.4) is 0 Å². The molecular weight excluding hydrogens is 226 g/mol. The maximum atomic E-state index is 5.40. The molecule has 1 aliphatic rings. The molecule has 4 nitrogen and oxygen atoms in total. The van der Waals surface area contributed by atoms with Gasteiger partial charge in [0, 0.05) is 18.8 Å². The van der Waals surface area contributed by atoms with Gasteiger partial charge in [0.15, 0.2) is 0 Å². The first kappa shape index (κ1) is 11.5. The molecule has 2 aromatic rings. The van der Waals surface area contributed by atoms with Gasteiger partial charge in [-0.2, -0.15) is 0 Å². The van der Waals surface area contributed by atoms with Crippen molar-refractivity contribution in [3.63, 3.8) is 0 Å². The fourth-order valence-corrected chi connectivity index (χ4v) is 2.75. The van der Waals surface area contributed by atoms with Gasteiger partial charge >= 0.3 is 0 Å². The first-order valence-corrected chi connectivity index (χ1v) is 6.51. The Morgan fingerprint density at radius 3 is 3.17 bits per heavy atom. The van der Waals surface area contributed by atoms with Crippen LogP contribution in [0.4, 0.5) is 5.82 Å². The van der Waals surface area contributed by atoms with Crippen molar-refractivity contribution in [2.75, 3.05) is 25.5 Å². The molecule has 18 heavy (non-hydrogen) atoms. The van der Waals surface area contributed by atoms with E-state index in [9.17, 15) is 0 Å². The van der Waals surface area contributed by atoms with Crippen LogP contribution in [0.2, 0.25) is 0 Å². The summed E-state index contributed by atoms with van der Waals surface area (Å²) in [6.07, 6.45) is 4.68. The summed E-state index contributed by atoms with van der Waals surface area (Å²) in [5.41, 5.74) is 0.896. The second kappa shape index (κ2) is 4.61. The molecule has 1 fully saturated rings. The Kier molecular flexibility index (Phi) is 2.96. The van der Waals surface area contributed by atoms with Gasteiger partial charge in [-0.1, -0.05) is 6.92 Å². The van der Waals surface area contributed by atoms with Crippen molar-refractivity contribution in [3.8, 4) is 0 Å². The molecule has 3 rings (SSSR count). The summed E-state index contributed by atoms with van der Waals surface area (Å²) in [7, 11) is 2.18. The first-order valence-electron chi connectivity index (χ1n) is 6.51. The maximum Gasteiger partial charge on any atom is 0.139 e. The van der Waals surface area contributed by atoms with Crippen LogP contribution in [-0.4, -0.2) is 36.1 Å². The second-order valence-electron chi connectivity index (χ2n) is 5.27. The highest BCUT2D eigenvalue weighted by Gasteiger charge is 2.24. The number of hydrogen-bond acceptors (Lipinski definition) is 4. The third-order valence-corrected chi connectivity index (χ3v) is 3.81. The fourth-order valence-electron chi connectivity index (χ4n) is 2.75. The highest BCUT2D eigenvalue weighted by molar-refractivity contribution is 5.87. The Bertz CT molecular complexity index is 537. The normalized spacial score (nSPS) is 25.4. The molecule has 1 aliphatic heterocycles. The van der Waals surface area contributed by atoms with Crippen LogP contribution in [0.15, 0.2) is 29.0 Å². The number of rotatable bonds is 2. The molecular formula is C14H19N3O. The van der Waals surface area contributed by atoms with Gasteiger partial charge in [0.25, 0.3) is 0 Å². The maximum absolute atomic E-state index is 5.40. The van der Waals surface area contributed by atoms with E-state index in [2.05, 4.69) is 29.2 Å². The highest BCUT2D eigenvalue weighted by Crippen LogP contribution is 2.25. The van der Waals surface area contributed by atoms with Crippen molar-refractivity contribution in [3.05, 3.63) is 24.6 Å². The number of anilines is 1. The minimum absolute atomic E-state index is 0.495. The van der Waals surface area contributed by atoms with Gasteiger partial charge in [-0.3, -0.25) is 0 Å². The molecule has 0 radical (unpaired) electrons. The molecule has 2 unspecified atom stereocenters. The zero-order valence-electron chi connectivity index (χ0n) is 10.9. The van der Waals surface area contributed by atoms with Crippen LogP contribution in [0.1, 0.15) is 13.3 Å². The summed E-state index contributed by atoms with van der Waals surface area (Å²) in [6.45, 7) is 4.57. The van der Waals surface area contributed by atoms with Crippen molar-refractivity contribution >= 4 is 16.8 Å². The summed E-state index contributed by atoms with van der Waals surface area (Å²) >= 11 is 0. The molecule has 0 spiro atoms. The molecule has 0 saturated carbocycles. The number of pyridine rings is 1. The highest BCUT2D eigenvalue weighted by atomic mass is 16.3. The van der Waals surface area contributed by atoms with Gasteiger partial charge in [-0.15, -0.1) is 0 Å². The summed E-state index contributed by atoms with van der Waals surface area (Å²) in [5, 5.41) is 4.66. The predicted molar refractivity (Wildman–Crippen MR) is 72.7 cm³/mol. The van der Waals surface area contributed by atoms with E-state index in [1.807, 2.05) is 12.1 Å². The van der Waals surface area contributed by atoms with Gasteiger partial charge in [0.05, 0.1) is 11.6 Å². The van der Waals surface area contributed by atoms with Crippen LogP contribution in [-0.2, 0) is 0 Å². The van der Waals surface area contributed by atoms with Crippen molar-refractivity contribution in [2.45, 2.75) is 19.4 Å². The van der Waals surface area contributed by atoms with Crippen molar-refractivity contribution in [1.82, 2.24) is 9.88 Å². The molecule has 2 aromatic heterocycles. The number of furan rings is 1. The third kappa shape index (κ3) is 2.08. The van der Waals surface area contributed by atoms with Gasteiger partial charge in [0.2, 0.25) is 0 Å². The second-order valence-corrected chi connectivity index (χ2v) is 5.27. The van der Waals surface area contributed by atoms with E-state index in [4.69, 9.17) is 4.42 Å². The van der Waals surface area contributed by atoms with E-state index in [1.165, 1.54) is 0 Å². The van der Waals surface area contributed by atoms with Crippen LogP contribution < -0.4 is 5.32 Å². The number of hydrogen-bond donors (Lipinski definition) is 1. The van der Waals surface area contributed by atoms with Crippen LogP contribution in [0.25, 0.3) is 11.0 Å². The molecule has 1 saturated heterocycles. The molecule has 1 N–H and O–H groups in total. The number of aromatic nitrogens is 1. The lowest BCUT2D eigenvalue weighted by molar-refractivity contribution is 0.206. The molecule has 0 aliphatic carbocycles. The number of fused-ring (bicyclic) bond motifs is 1. The van der Waals surface area contributed by atoms with Gasteiger partial charge < -0.3 is 14.6 Å². The minimum atomic E-state index is 0.495. The van der Waals surface area contributed by atoms with E-state index in [1.54, 1.807) is 12.5 Å². The van der Waals surface area contributed by atoms with E-state index in [0.29, 0.717) is 12.0 Å². The molecule has 0 amide bonds. The third-order valence-electron chi connectivity index (χ3n) is 3.81. The van der Waals surface area contributed by atoms with Crippen LogP contribution >= 0.6 is 0 Å². The standard InChI is InChI=1S/C14H19N3O/c1-10-9-17(2)7-4-12(10)16-14-11-5-8-18-13(11)3-6-15-14/h3,5-6,8,10,12H,4,7,9H2,1-2H3,(H,15,16). The Morgan fingerprint density at radius 1 is 1.44 bits per heavy atom. The fraction of sp³-hybridized carbons (Fsp3) is 0.500. The number of nitrogens with zero attached hydrogens (tertiary/aromatic N) is 2. The average Bonchev–Trinajstić information content (AvgIpc) is 2.82. The van der Waals surface area contributed by atoms with E-state index in [-0.39, 0.29) is 0 Å². The lowest BCUT2D eigenvalue weighted by Gasteiger charge is -2.35. The smallest absolute Gasteiger partial charge is 0.139 e. The zero-order valence-corrected chi connectivity index (χ0v) is 10.9. The van der Waals surface area contributed by atoms with E-state index < -0.39 is 0 Å². The molecule has 96 valence electrons. The van der Waals surface area contributed by atoms with Gasteiger partial charge in [-0.25, -0.2) is 4.98 Å². The topological polar surface area (TPSA) is 41.3 Å². The Morgan fingerprint density at radius 2 is 2.33 bits per heavy atom. The average molecular weight is 245 g/mol. The Hall–Kier alpha value is -1.55. The molecule has 4 heteroatoms. The number of nitrogens with one attached hydrogen (secondary N) is 1. The molecule has 3 heterocycles. The lowest BCUT2D eigenvalue weighted by atomic mass is 9.94. The first-order chi connectivity index (χ1) is 8.74. The summed E-state index contributed by atoms with van der Waals surface area (Å²) in [4.78, 5) is 6.83. The van der Waals surface area contributed by atoms with Crippen molar-refractivity contribution in [1.29, 1.82) is 0 Å². The van der Waals surface area contributed by atoms with Crippen LogP contribution in [0, 0.1) is 5.92 Å². The lowest BCUT2D eigenvalue weighted by Crippen LogP contribution is -2.43. The quantitative estimate of drug-likeness (QED) is 0.883. The molecule has 0 bridgehead atoms.